The molecule has 0 bridgehead atoms. The van der Waals surface area contributed by atoms with Gasteiger partial charge in [-0.1, -0.05) is 11.6 Å². The Bertz CT molecular complexity index is 407. The van der Waals surface area contributed by atoms with Crippen LogP contribution >= 0.6 is 11.6 Å². The van der Waals surface area contributed by atoms with Gasteiger partial charge in [-0.25, -0.2) is 0 Å². The third-order valence-corrected chi connectivity index (χ3v) is 3.45. The van der Waals surface area contributed by atoms with Crippen molar-refractivity contribution in [1.29, 1.82) is 0 Å². The van der Waals surface area contributed by atoms with E-state index < -0.39 is 0 Å². The van der Waals surface area contributed by atoms with Crippen molar-refractivity contribution < 1.29 is 4.79 Å². The fourth-order valence-electron chi connectivity index (χ4n) is 2.19. The highest BCUT2D eigenvalue weighted by Crippen LogP contribution is 2.16. The summed E-state index contributed by atoms with van der Waals surface area (Å²) in [6, 6.07) is 7.12. The normalized spacial score (nSPS) is 20.0. The monoisotopic (exact) mass is 267 g/mol. The van der Waals surface area contributed by atoms with Gasteiger partial charge in [-0.2, -0.15) is 0 Å². The summed E-state index contributed by atoms with van der Waals surface area (Å²) < 4.78 is 0. The van der Waals surface area contributed by atoms with Crippen LogP contribution in [0.15, 0.2) is 24.3 Å². The number of carbonyl (C=O) groups excluding carboxylic acids is 1. The molecule has 1 aromatic rings. The lowest BCUT2D eigenvalue weighted by Crippen LogP contribution is -2.32. The minimum atomic E-state index is 0.00925. The molecule has 4 nitrogen and oxygen atoms in total. The first-order valence-electron chi connectivity index (χ1n) is 6.15. The first kappa shape index (κ1) is 13.3. The van der Waals surface area contributed by atoms with Gasteiger partial charge in [0.15, 0.2) is 0 Å². The molecule has 1 saturated heterocycles. The fourth-order valence-corrected chi connectivity index (χ4v) is 2.31. The SMILES string of the molecule is NCC1CCN(CC(=O)Nc2ccc(Cl)cc2)C1. The molecule has 0 aliphatic carbocycles. The first-order valence-corrected chi connectivity index (χ1v) is 6.53. The van der Waals surface area contributed by atoms with E-state index in [9.17, 15) is 4.79 Å². The number of halogens is 1. The number of likely N-dealkylation sites (tertiary alicyclic amines) is 1. The van der Waals surface area contributed by atoms with E-state index in [2.05, 4.69) is 10.2 Å². The molecular weight excluding hydrogens is 250 g/mol. The lowest BCUT2D eigenvalue weighted by Gasteiger charge is -2.15. The number of benzene rings is 1. The van der Waals surface area contributed by atoms with Crippen molar-refractivity contribution >= 4 is 23.2 Å². The van der Waals surface area contributed by atoms with Crippen molar-refractivity contribution in [2.24, 2.45) is 11.7 Å². The maximum absolute atomic E-state index is 11.8. The quantitative estimate of drug-likeness (QED) is 0.870. The number of carbonyl (C=O) groups is 1. The van der Waals surface area contributed by atoms with Gasteiger partial charge in [0.2, 0.25) is 5.91 Å². The van der Waals surface area contributed by atoms with Crippen LogP contribution < -0.4 is 11.1 Å². The van der Waals surface area contributed by atoms with Gasteiger partial charge < -0.3 is 11.1 Å². The summed E-state index contributed by atoms with van der Waals surface area (Å²) in [5, 5.41) is 3.52. The number of anilines is 1. The Hall–Kier alpha value is -1.10. The van der Waals surface area contributed by atoms with Crippen molar-refractivity contribution in [1.82, 2.24) is 4.90 Å². The molecule has 1 fully saturated rings. The lowest BCUT2D eigenvalue weighted by atomic mass is 10.1. The minimum Gasteiger partial charge on any atom is -0.330 e. The molecule has 0 radical (unpaired) electrons. The molecule has 3 N–H and O–H groups in total. The second-order valence-electron chi connectivity index (χ2n) is 4.68. The standard InChI is InChI=1S/C13H18ClN3O/c14-11-1-3-12(4-2-11)16-13(18)9-17-6-5-10(7-15)8-17/h1-4,10H,5-9,15H2,(H,16,18). The van der Waals surface area contributed by atoms with E-state index in [1.165, 1.54) is 0 Å². The predicted molar refractivity (Wildman–Crippen MR) is 73.7 cm³/mol. The molecule has 1 aromatic carbocycles. The average molecular weight is 268 g/mol. The molecule has 1 amide bonds. The summed E-state index contributed by atoms with van der Waals surface area (Å²) in [5.74, 6) is 0.545. The topological polar surface area (TPSA) is 58.4 Å². The Morgan fingerprint density at radius 3 is 2.78 bits per heavy atom. The highest BCUT2D eigenvalue weighted by Gasteiger charge is 2.22. The van der Waals surface area contributed by atoms with E-state index in [0.29, 0.717) is 24.0 Å². The molecule has 1 aliphatic rings. The number of nitrogens with one attached hydrogen (secondary N) is 1. The Morgan fingerprint density at radius 1 is 1.44 bits per heavy atom. The zero-order chi connectivity index (χ0) is 13.0. The van der Waals surface area contributed by atoms with E-state index >= 15 is 0 Å². The van der Waals surface area contributed by atoms with E-state index in [0.717, 1.165) is 25.2 Å². The number of nitrogens with two attached hydrogens (primary N) is 1. The van der Waals surface area contributed by atoms with Crippen LogP contribution in [-0.4, -0.2) is 37.0 Å². The van der Waals surface area contributed by atoms with E-state index in [4.69, 9.17) is 17.3 Å². The number of rotatable bonds is 4. The Kier molecular flexibility index (Phi) is 4.58. The summed E-state index contributed by atoms with van der Waals surface area (Å²) in [7, 11) is 0. The first-order chi connectivity index (χ1) is 8.67. The highest BCUT2D eigenvalue weighted by molar-refractivity contribution is 6.30. The summed E-state index contributed by atoms with van der Waals surface area (Å²) in [6.45, 7) is 3.01. The lowest BCUT2D eigenvalue weighted by molar-refractivity contribution is -0.117. The second-order valence-corrected chi connectivity index (χ2v) is 5.12. The Balaban J connectivity index is 1.80. The molecule has 0 aromatic heterocycles. The van der Waals surface area contributed by atoms with Gasteiger partial charge in [-0.05, 0) is 49.7 Å². The second kappa shape index (κ2) is 6.18. The fraction of sp³-hybridized carbons (Fsp3) is 0.462. The van der Waals surface area contributed by atoms with Crippen LogP contribution in [0, 0.1) is 5.92 Å². The average Bonchev–Trinajstić information content (AvgIpc) is 2.79. The number of hydrogen-bond donors (Lipinski definition) is 2. The maximum Gasteiger partial charge on any atom is 0.238 e. The van der Waals surface area contributed by atoms with Crippen molar-refractivity contribution in [3.63, 3.8) is 0 Å². The van der Waals surface area contributed by atoms with Crippen LogP contribution in [0.2, 0.25) is 5.02 Å². The Morgan fingerprint density at radius 2 is 2.17 bits per heavy atom. The Labute approximate surface area is 112 Å². The molecule has 1 atom stereocenters. The van der Waals surface area contributed by atoms with Gasteiger partial charge in [0.1, 0.15) is 0 Å². The van der Waals surface area contributed by atoms with Crippen molar-refractivity contribution in [2.75, 3.05) is 31.5 Å². The van der Waals surface area contributed by atoms with Crippen LogP contribution in [0.3, 0.4) is 0 Å². The van der Waals surface area contributed by atoms with Gasteiger partial charge in [0, 0.05) is 17.3 Å². The molecule has 18 heavy (non-hydrogen) atoms. The molecule has 0 saturated carbocycles. The summed E-state index contributed by atoms with van der Waals surface area (Å²) in [4.78, 5) is 14.0. The zero-order valence-corrected chi connectivity index (χ0v) is 11.0. The molecular formula is C13H18ClN3O. The minimum absolute atomic E-state index is 0.00925. The van der Waals surface area contributed by atoms with Crippen LogP contribution in [0.4, 0.5) is 5.69 Å². The number of nitrogens with zero attached hydrogens (tertiary/aromatic N) is 1. The van der Waals surface area contributed by atoms with Crippen LogP contribution in [0.1, 0.15) is 6.42 Å². The van der Waals surface area contributed by atoms with Gasteiger partial charge in [-0.15, -0.1) is 0 Å². The summed E-state index contributed by atoms with van der Waals surface area (Å²) >= 11 is 5.78. The third-order valence-electron chi connectivity index (χ3n) is 3.20. The number of hydrogen-bond acceptors (Lipinski definition) is 3. The van der Waals surface area contributed by atoms with Gasteiger partial charge >= 0.3 is 0 Å². The van der Waals surface area contributed by atoms with E-state index in [1.807, 2.05) is 0 Å². The van der Waals surface area contributed by atoms with Crippen LogP contribution in [0.25, 0.3) is 0 Å². The molecule has 0 spiro atoms. The van der Waals surface area contributed by atoms with Crippen molar-refractivity contribution in [3.05, 3.63) is 29.3 Å². The van der Waals surface area contributed by atoms with Gasteiger partial charge in [-0.3, -0.25) is 9.69 Å². The predicted octanol–water partition coefficient (Wildman–Crippen LogP) is 1.56. The molecule has 2 rings (SSSR count). The van der Waals surface area contributed by atoms with E-state index in [-0.39, 0.29) is 5.91 Å². The summed E-state index contributed by atoms with van der Waals surface area (Å²) in [6.07, 6.45) is 1.09. The molecule has 1 aliphatic heterocycles. The molecule has 5 heteroatoms. The maximum atomic E-state index is 11.8. The largest absolute Gasteiger partial charge is 0.330 e. The number of amides is 1. The smallest absolute Gasteiger partial charge is 0.238 e. The van der Waals surface area contributed by atoms with E-state index in [1.54, 1.807) is 24.3 Å². The molecule has 98 valence electrons. The van der Waals surface area contributed by atoms with Crippen LogP contribution in [-0.2, 0) is 4.79 Å². The van der Waals surface area contributed by atoms with Crippen LogP contribution in [0.5, 0.6) is 0 Å². The highest BCUT2D eigenvalue weighted by atomic mass is 35.5. The van der Waals surface area contributed by atoms with Gasteiger partial charge in [0.25, 0.3) is 0 Å². The van der Waals surface area contributed by atoms with Gasteiger partial charge in [0.05, 0.1) is 6.54 Å². The van der Waals surface area contributed by atoms with Crippen molar-refractivity contribution in [3.8, 4) is 0 Å². The molecule has 1 heterocycles. The van der Waals surface area contributed by atoms with Crippen molar-refractivity contribution in [2.45, 2.75) is 6.42 Å². The third kappa shape index (κ3) is 3.70. The molecule has 1 unspecified atom stereocenters. The zero-order valence-electron chi connectivity index (χ0n) is 10.2. The summed E-state index contributed by atoms with van der Waals surface area (Å²) in [5.41, 5.74) is 6.40.